The van der Waals surface area contributed by atoms with Gasteiger partial charge in [0.25, 0.3) is 0 Å². The first-order valence-electron chi connectivity index (χ1n) is 14.7. The highest BCUT2D eigenvalue weighted by atomic mass is 32.1. The summed E-state index contributed by atoms with van der Waals surface area (Å²) in [6, 6.07) is 5.67. The summed E-state index contributed by atoms with van der Waals surface area (Å²) in [5.74, 6) is -2.54. The molecule has 2 aromatic rings. The summed E-state index contributed by atoms with van der Waals surface area (Å²) >= 11 is 1.57. The van der Waals surface area contributed by atoms with Crippen LogP contribution < -0.4 is 10.6 Å². The molecule has 11 heteroatoms. The predicted molar refractivity (Wildman–Crippen MR) is 166 cm³/mol. The lowest BCUT2D eigenvalue weighted by atomic mass is 9.85. The van der Waals surface area contributed by atoms with Gasteiger partial charge in [-0.25, -0.2) is 4.98 Å². The lowest BCUT2D eigenvalue weighted by Gasteiger charge is -2.36. The molecule has 1 fully saturated rings. The molecule has 1 aliphatic heterocycles. The number of aliphatic hydroxyl groups excluding tert-OH is 1. The number of hydrogen-bond acceptors (Lipinski definition) is 8. The minimum absolute atomic E-state index is 0.0237. The van der Waals surface area contributed by atoms with Crippen LogP contribution in [0, 0.1) is 18.3 Å². The Morgan fingerprint density at radius 1 is 1.07 bits per heavy atom. The molecular formula is C32H46N4O6S. The average Bonchev–Trinajstić information content (AvgIpc) is 3.50. The van der Waals surface area contributed by atoms with E-state index in [1.54, 1.807) is 39.0 Å². The van der Waals surface area contributed by atoms with Crippen molar-refractivity contribution in [3.8, 4) is 10.4 Å². The minimum atomic E-state index is -0.984. The van der Waals surface area contributed by atoms with Crippen molar-refractivity contribution in [2.24, 2.45) is 11.3 Å². The normalized spacial score (nSPS) is 19.3. The quantitative estimate of drug-likeness (QED) is 0.361. The molecule has 0 spiro atoms. The van der Waals surface area contributed by atoms with E-state index in [-0.39, 0.29) is 31.3 Å². The molecule has 43 heavy (non-hydrogen) atoms. The van der Waals surface area contributed by atoms with Crippen LogP contribution >= 0.6 is 11.3 Å². The van der Waals surface area contributed by atoms with Crippen LogP contribution in [0.25, 0.3) is 10.4 Å². The highest BCUT2D eigenvalue weighted by molar-refractivity contribution is 7.13. The van der Waals surface area contributed by atoms with Crippen LogP contribution in [0.15, 0.2) is 29.8 Å². The topological polar surface area (TPSA) is 138 Å². The maximum Gasteiger partial charge on any atom is 0.307 e. The number of nitrogens with one attached hydrogen (secondary N) is 2. The lowest BCUT2D eigenvalue weighted by Crippen LogP contribution is -2.58. The molecule has 0 aliphatic carbocycles. The van der Waals surface area contributed by atoms with Crippen molar-refractivity contribution in [1.82, 2.24) is 20.5 Å². The lowest BCUT2D eigenvalue weighted by molar-refractivity contribution is -0.157. The summed E-state index contributed by atoms with van der Waals surface area (Å²) < 4.78 is 5.33. The fraction of sp³-hybridized carbons (Fsp3) is 0.594. The van der Waals surface area contributed by atoms with E-state index in [1.165, 1.54) is 4.90 Å². The third kappa shape index (κ3) is 9.09. The number of amides is 3. The molecular weight excluding hydrogens is 568 g/mol. The highest BCUT2D eigenvalue weighted by Gasteiger charge is 2.45. The second kappa shape index (κ2) is 13.5. The summed E-state index contributed by atoms with van der Waals surface area (Å²) in [4.78, 5) is 59.5. The van der Waals surface area contributed by atoms with Crippen molar-refractivity contribution in [3.05, 3.63) is 41.0 Å². The van der Waals surface area contributed by atoms with Gasteiger partial charge in [-0.3, -0.25) is 19.2 Å². The number of benzene rings is 1. The molecule has 3 amide bonds. The van der Waals surface area contributed by atoms with Gasteiger partial charge in [-0.15, -0.1) is 11.3 Å². The van der Waals surface area contributed by atoms with Gasteiger partial charge in [0, 0.05) is 18.9 Å². The first-order valence-corrected chi connectivity index (χ1v) is 15.6. The van der Waals surface area contributed by atoms with Gasteiger partial charge in [-0.1, -0.05) is 52.0 Å². The predicted octanol–water partition coefficient (Wildman–Crippen LogP) is 4.16. The summed E-state index contributed by atoms with van der Waals surface area (Å²) in [6.45, 7) is 16.1. The molecule has 0 saturated carbocycles. The Bertz CT molecular complexity index is 1310. The Balaban J connectivity index is 1.70. The average molecular weight is 615 g/mol. The van der Waals surface area contributed by atoms with Gasteiger partial charge >= 0.3 is 5.97 Å². The summed E-state index contributed by atoms with van der Waals surface area (Å²) in [5.41, 5.74) is 3.34. The second-order valence-corrected chi connectivity index (χ2v) is 14.4. The van der Waals surface area contributed by atoms with E-state index in [9.17, 15) is 24.3 Å². The first kappa shape index (κ1) is 34.2. The van der Waals surface area contributed by atoms with Crippen molar-refractivity contribution in [1.29, 1.82) is 0 Å². The van der Waals surface area contributed by atoms with Crippen molar-refractivity contribution < 1.29 is 29.0 Å². The second-order valence-electron chi connectivity index (χ2n) is 13.5. The zero-order chi connectivity index (χ0) is 32.3. The number of aryl methyl sites for hydroxylation is 1. The standard InChI is InChI=1S/C32H46N4O6S/c1-18(14-25(38)42-32(7,8)9)28(39)35-27(31(4,5)6)30(41)36-16-23(37)15-24(36)29(40)34-19(2)21-10-12-22(13-11-21)26-20(3)33-17-43-26/h10-13,17-19,23-24,27,37H,14-16H2,1-9H3,(H,34,40)(H,35,39)/t18-,19-,23+,24-,27+/m0/s1. The van der Waals surface area contributed by atoms with Crippen LogP contribution in [0.2, 0.25) is 0 Å². The number of β-amino-alcohol motifs (C(OH)–C–C–N with tert-alkyl or cyclic N) is 1. The van der Waals surface area contributed by atoms with E-state index in [2.05, 4.69) is 15.6 Å². The molecule has 1 saturated heterocycles. The van der Waals surface area contributed by atoms with E-state index in [0.717, 1.165) is 21.7 Å². The SMILES string of the molecule is Cc1ncsc1-c1ccc([C@H](C)NC(=O)[C@@H]2C[C@@H](O)CN2C(=O)[C@@H](NC(=O)[C@@H](C)CC(=O)OC(C)(C)C)C(C)(C)C)cc1. The Hall–Kier alpha value is -3.31. The van der Waals surface area contributed by atoms with E-state index < -0.39 is 52.9 Å². The number of carbonyl (C=O) groups excluding carboxylic acids is 4. The smallest absolute Gasteiger partial charge is 0.307 e. The molecule has 1 aromatic carbocycles. The number of hydrogen-bond donors (Lipinski definition) is 3. The molecule has 5 atom stereocenters. The zero-order valence-corrected chi connectivity index (χ0v) is 27.5. The Morgan fingerprint density at radius 2 is 1.70 bits per heavy atom. The zero-order valence-electron chi connectivity index (χ0n) is 26.7. The number of rotatable bonds is 9. The van der Waals surface area contributed by atoms with Gasteiger partial charge in [0.2, 0.25) is 17.7 Å². The van der Waals surface area contributed by atoms with Crippen molar-refractivity contribution in [2.75, 3.05) is 6.54 Å². The van der Waals surface area contributed by atoms with Gasteiger partial charge in [-0.05, 0) is 51.2 Å². The fourth-order valence-electron chi connectivity index (χ4n) is 5.03. The van der Waals surface area contributed by atoms with Crippen molar-refractivity contribution in [2.45, 2.75) is 105 Å². The number of likely N-dealkylation sites (tertiary alicyclic amines) is 1. The van der Waals surface area contributed by atoms with Gasteiger partial charge < -0.3 is 25.4 Å². The maximum atomic E-state index is 13.9. The van der Waals surface area contributed by atoms with Crippen LogP contribution in [-0.2, 0) is 23.9 Å². The van der Waals surface area contributed by atoms with Gasteiger partial charge in [0.1, 0.15) is 17.7 Å². The van der Waals surface area contributed by atoms with E-state index >= 15 is 0 Å². The Kier molecular flexibility index (Phi) is 10.8. The van der Waals surface area contributed by atoms with Crippen LogP contribution in [0.5, 0.6) is 0 Å². The Labute approximate surface area is 258 Å². The van der Waals surface area contributed by atoms with Crippen LogP contribution in [0.4, 0.5) is 0 Å². The number of aromatic nitrogens is 1. The van der Waals surface area contributed by atoms with Gasteiger partial charge in [0.05, 0.1) is 34.6 Å². The molecule has 2 heterocycles. The molecule has 0 radical (unpaired) electrons. The fourth-order valence-corrected chi connectivity index (χ4v) is 5.84. The van der Waals surface area contributed by atoms with Gasteiger partial charge in [-0.2, -0.15) is 0 Å². The number of thiazole rings is 1. The summed E-state index contributed by atoms with van der Waals surface area (Å²) in [5, 5.41) is 16.3. The number of nitrogens with zero attached hydrogens (tertiary/aromatic N) is 2. The summed E-state index contributed by atoms with van der Waals surface area (Å²) in [6.07, 6.45) is -0.919. The van der Waals surface area contributed by atoms with Crippen molar-refractivity contribution in [3.63, 3.8) is 0 Å². The third-order valence-electron chi connectivity index (χ3n) is 7.38. The number of aliphatic hydroxyl groups is 1. The van der Waals surface area contributed by atoms with E-state index in [4.69, 9.17) is 4.74 Å². The molecule has 0 bridgehead atoms. The highest BCUT2D eigenvalue weighted by Crippen LogP contribution is 2.29. The number of carbonyl (C=O) groups is 4. The van der Waals surface area contributed by atoms with Crippen LogP contribution in [-0.4, -0.2) is 69.0 Å². The van der Waals surface area contributed by atoms with E-state index in [0.29, 0.717) is 0 Å². The molecule has 236 valence electrons. The molecule has 1 aromatic heterocycles. The third-order valence-corrected chi connectivity index (χ3v) is 8.36. The van der Waals surface area contributed by atoms with Crippen LogP contribution in [0.1, 0.15) is 85.5 Å². The van der Waals surface area contributed by atoms with Gasteiger partial charge in [0.15, 0.2) is 0 Å². The van der Waals surface area contributed by atoms with Crippen molar-refractivity contribution >= 4 is 35.0 Å². The maximum absolute atomic E-state index is 13.9. The summed E-state index contributed by atoms with van der Waals surface area (Å²) in [7, 11) is 0. The molecule has 1 aliphatic rings. The molecule has 3 rings (SSSR count). The molecule has 10 nitrogen and oxygen atoms in total. The first-order chi connectivity index (χ1) is 19.9. The van der Waals surface area contributed by atoms with E-state index in [1.807, 2.05) is 64.4 Å². The number of ether oxygens (including phenoxy) is 1. The molecule has 0 unspecified atom stereocenters. The Morgan fingerprint density at radius 3 is 2.23 bits per heavy atom. The molecule has 3 N–H and O–H groups in total. The minimum Gasteiger partial charge on any atom is -0.460 e. The monoisotopic (exact) mass is 614 g/mol. The van der Waals surface area contributed by atoms with Crippen LogP contribution in [0.3, 0.4) is 0 Å². The largest absolute Gasteiger partial charge is 0.460 e. The number of esters is 1.